The van der Waals surface area contributed by atoms with Gasteiger partial charge in [-0.3, -0.25) is 4.79 Å². The van der Waals surface area contributed by atoms with Gasteiger partial charge < -0.3 is 10.0 Å². The van der Waals surface area contributed by atoms with E-state index < -0.39 is 6.10 Å². The van der Waals surface area contributed by atoms with Crippen LogP contribution >= 0.6 is 11.8 Å². The molecule has 4 heteroatoms. The maximum absolute atomic E-state index is 11.6. The molecule has 1 amide bonds. The molecular weight excluding hydrogens is 234 g/mol. The van der Waals surface area contributed by atoms with E-state index in [9.17, 15) is 9.90 Å². The third-order valence-electron chi connectivity index (χ3n) is 2.28. The van der Waals surface area contributed by atoms with Crippen molar-refractivity contribution in [3.63, 3.8) is 0 Å². The van der Waals surface area contributed by atoms with Gasteiger partial charge in [0.2, 0.25) is 0 Å². The van der Waals surface area contributed by atoms with E-state index in [4.69, 9.17) is 0 Å². The van der Waals surface area contributed by atoms with Crippen LogP contribution in [0.5, 0.6) is 0 Å². The Morgan fingerprint density at radius 2 is 1.76 bits per heavy atom. The lowest BCUT2D eigenvalue weighted by molar-refractivity contribution is -0.125. The molecule has 1 rings (SSSR count). The van der Waals surface area contributed by atoms with Crippen molar-refractivity contribution < 1.29 is 9.90 Å². The zero-order chi connectivity index (χ0) is 13.0. The van der Waals surface area contributed by atoms with Gasteiger partial charge in [0.15, 0.2) is 0 Å². The minimum atomic E-state index is -0.968. The van der Waals surface area contributed by atoms with Crippen molar-refractivity contribution in [1.82, 2.24) is 0 Å². The molecule has 0 saturated heterocycles. The van der Waals surface area contributed by atoms with Crippen LogP contribution in [0.1, 0.15) is 20.8 Å². The first-order valence-electron chi connectivity index (χ1n) is 5.64. The van der Waals surface area contributed by atoms with E-state index in [0.717, 1.165) is 5.69 Å². The molecule has 1 N–H and O–H groups in total. The van der Waals surface area contributed by atoms with Crippen molar-refractivity contribution >= 4 is 23.4 Å². The lowest BCUT2D eigenvalue weighted by atomic mass is 10.2. The van der Waals surface area contributed by atoms with E-state index in [-0.39, 0.29) is 5.91 Å². The second kappa shape index (κ2) is 6.07. The number of aliphatic hydroxyl groups is 1. The molecule has 94 valence electrons. The minimum Gasteiger partial charge on any atom is -0.384 e. The molecule has 3 nitrogen and oxygen atoms in total. The molecule has 0 fully saturated rings. The molecule has 0 saturated carbocycles. The average Bonchev–Trinajstić information content (AvgIpc) is 2.27. The van der Waals surface area contributed by atoms with E-state index >= 15 is 0 Å². The quantitative estimate of drug-likeness (QED) is 0.838. The highest BCUT2D eigenvalue weighted by molar-refractivity contribution is 7.99. The Bertz CT molecular complexity index is 374. The molecule has 0 bridgehead atoms. The molecule has 1 aromatic carbocycles. The Balaban J connectivity index is 2.77. The second-order valence-corrected chi connectivity index (χ2v) is 5.88. The predicted molar refractivity (Wildman–Crippen MR) is 72.5 cm³/mol. The molecule has 0 aliphatic heterocycles. The molecule has 1 unspecified atom stereocenters. The molecule has 0 radical (unpaired) electrons. The molecule has 0 aromatic heterocycles. The predicted octanol–water partition coefficient (Wildman–Crippen LogP) is 2.53. The van der Waals surface area contributed by atoms with Gasteiger partial charge in [0.1, 0.15) is 6.10 Å². The van der Waals surface area contributed by atoms with E-state index in [2.05, 4.69) is 13.8 Å². The van der Waals surface area contributed by atoms with E-state index in [1.165, 1.54) is 16.7 Å². The highest BCUT2D eigenvalue weighted by atomic mass is 32.2. The Hall–Kier alpha value is -1.00. The van der Waals surface area contributed by atoms with Crippen LogP contribution in [0, 0.1) is 0 Å². The van der Waals surface area contributed by atoms with Gasteiger partial charge in [-0.1, -0.05) is 13.8 Å². The fourth-order valence-corrected chi connectivity index (χ4v) is 2.27. The van der Waals surface area contributed by atoms with Crippen LogP contribution in [0.4, 0.5) is 5.69 Å². The Morgan fingerprint density at radius 3 is 2.18 bits per heavy atom. The number of anilines is 1. The van der Waals surface area contributed by atoms with Crippen molar-refractivity contribution in [3.05, 3.63) is 24.3 Å². The number of hydrogen-bond donors (Lipinski definition) is 1. The highest BCUT2D eigenvalue weighted by Crippen LogP contribution is 2.25. The van der Waals surface area contributed by atoms with Gasteiger partial charge in [-0.05, 0) is 31.2 Å². The highest BCUT2D eigenvalue weighted by Gasteiger charge is 2.15. The van der Waals surface area contributed by atoms with E-state index in [1.807, 2.05) is 24.3 Å². The van der Waals surface area contributed by atoms with Crippen LogP contribution in [0.2, 0.25) is 0 Å². The number of thioether (sulfide) groups is 1. The van der Waals surface area contributed by atoms with Gasteiger partial charge in [0.25, 0.3) is 5.91 Å². The lowest BCUT2D eigenvalue weighted by Crippen LogP contribution is -2.34. The van der Waals surface area contributed by atoms with Crippen molar-refractivity contribution in [2.24, 2.45) is 0 Å². The summed E-state index contributed by atoms with van der Waals surface area (Å²) in [5.41, 5.74) is 0.795. The van der Waals surface area contributed by atoms with Gasteiger partial charge in [-0.25, -0.2) is 0 Å². The molecule has 0 spiro atoms. The Labute approximate surface area is 107 Å². The monoisotopic (exact) mass is 253 g/mol. The summed E-state index contributed by atoms with van der Waals surface area (Å²) in [5, 5.41) is 9.77. The van der Waals surface area contributed by atoms with Crippen LogP contribution in [0.25, 0.3) is 0 Å². The lowest BCUT2D eigenvalue weighted by Gasteiger charge is -2.19. The topological polar surface area (TPSA) is 40.5 Å². The largest absolute Gasteiger partial charge is 0.384 e. The Morgan fingerprint density at radius 1 is 1.24 bits per heavy atom. The van der Waals surface area contributed by atoms with E-state index in [1.54, 1.807) is 18.8 Å². The molecule has 0 aliphatic rings. The SMILES string of the molecule is CC(C)Sc1ccc(N(C)C(=O)C(C)O)cc1. The number of nitrogens with zero attached hydrogens (tertiary/aromatic N) is 1. The second-order valence-electron chi connectivity index (χ2n) is 4.23. The number of carbonyl (C=O) groups excluding carboxylic acids is 1. The number of benzene rings is 1. The maximum atomic E-state index is 11.6. The molecule has 1 aromatic rings. The molecular formula is C13H19NO2S. The van der Waals surface area contributed by atoms with Crippen molar-refractivity contribution in [2.75, 3.05) is 11.9 Å². The van der Waals surface area contributed by atoms with Gasteiger partial charge in [0.05, 0.1) is 0 Å². The smallest absolute Gasteiger partial charge is 0.255 e. The summed E-state index contributed by atoms with van der Waals surface area (Å²) in [4.78, 5) is 14.2. The van der Waals surface area contributed by atoms with Crippen molar-refractivity contribution in [1.29, 1.82) is 0 Å². The zero-order valence-corrected chi connectivity index (χ0v) is 11.5. The number of likely N-dealkylation sites (N-methyl/N-ethyl adjacent to an activating group) is 1. The summed E-state index contributed by atoms with van der Waals surface area (Å²) >= 11 is 1.78. The number of amides is 1. The van der Waals surface area contributed by atoms with Crippen LogP contribution in [0.3, 0.4) is 0 Å². The third-order valence-corrected chi connectivity index (χ3v) is 3.30. The Kier molecular flexibility index (Phi) is 5.02. The fourth-order valence-electron chi connectivity index (χ4n) is 1.43. The van der Waals surface area contributed by atoms with Gasteiger partial charge in [-0.15, -0.1) is 11.8 Å². The molecule has 0 aliphatic carbocycles. The van der Waals surface area contributed by atoms with Crippen LogP contribution in [0.15, 0.2) is 29.2 Å². The number of aliphatic hydroxyl groups excluding tert-OH is 1. The van der Waals surface area contributed by atoms with Crippen LogP contribution in [-0.2, 0) is 4.79 Å². The number of hydrogen-bond acceptors (Lipinski definition) is 3. The van der Waals surface area contributed by atoms with Crippen LogP contribution in [-0.4, -0.2) is 29.4 Å². The minimum absolute atomic E-state index is 0.297. The number of carbonyl (C=O) groups is 1. The average molecular weight is 253 g/mol. The van der Waals surface area contributed by atoms with Gasteiger partial charge in [-0.2, -0.15) is 0 Å². The van der Waals surface area contributed by atoms with Gasteiger partial charge >= 0.3 is 0 Å². The summed E-state index contributed by atoms with van der Waals surface area (Å²) in [7, 11) is 1.67. The van der Waals surface area contributed by atoms with E-state index in [0.29, 0.717) is 5.25 Å². The maximum Gasteiger partial charge on any atom is 0.255 e. The normalized spacial score (nSPS) is 12.6. The molecule has 1 atom stereocenters. The zero-order valence-electron chi connectivity index (χ0n) is 10.7. The summed E-state index contributed by atoms with van der Waals surface area (Å²) in [6.45, 7) is 5.76. The first-order chi connectivity index (χ1) is 7.91. The standard InChI is InChI=1S/C13H19NO2S/c1-9(2)17-12-7-5-11(6-8-12)14(4)13(16)10(3)15/h5-10,15H,1-4H3. The first-order valence-corrected chi connectivity index (χ1v) is 6.52. The third kappa shape index (κ3) is 4.06. The molecule has 17 heavy (non-hydrogen) atoms. The van der Waals surface area contributed by atoms with Crippen molar-refractivity contribution in [2.45, 2.75) is 37.0 Å². The summed E-state index contributed by atoms with van der Waals surface area (Å²) < 4.78 is 0. The summed E-state index contributed by atoms with van der Waals surface area (Å²) in [6.07, 6.45) is -0.968. The summed E-state index contributed by atoms with van der Waals surface area (Å²) in [5.74, 6) is -0.297. The number of rotatable bonds is 4. The molecule has 0 heterocycles. The first kappa shape index (κ1) is 14.1. The van der Waals surface area contributed by atoms with Crippen LogP contribution < -0.4 is 4.90 Å². The van der Waals surface area contributed by atoms with Gasteiger partial charge in [0, 0.05) is 22.9 Å². The summed E-state index contributed by atoms with van der Waals surface area (Å²) in [6, 6.07) is 7.77. The van der Waals surface area contributed by atoms with Crippen molar-refractivity contribution in [3.8, 4) is 0 Å². The fraction of sp³-hybridized carbons (Fsp3) is 0.462.